The third-order valence-electron chi connectivity index (χ3n) is 3.80. The lowest BCUT2D eigenvalue weighted by atomic mass is 10.1. The van der Waals surface area contributed by atoms with Gasteiger partial charge in [0.2, 0.25) is 0 Å². The summed E-state index contributed by atoms with van der Waals surface area (Å²) in [6.07, 6.45) is 0. The lowest BCUT2D eigenvalue weighted by Gasteiger charge is -2.14. The van der Waals surface area contributed by atoms with Gasteiger partial charge < -0.3 is 16.2 Å². The Kier molecular flexibility index (Phi) is 3.01. The number of benzene rings is 3. The molecule has 4 heteroatoms. The van der Waals surface area contributed by atoms with Crippen LogP contribution in [0.2, 0.25) is 0 Å². The predicted molar refractivity (Wildman–Crippen MR) is 95.1 cm³/mol. The van der Waals surface area contributed by atoms with E-state index in [1.165, 1.54) is 6.07 Å². The third kappa shape index (κ3) is 2.40. The van der Waals surface area contributed by atoms with E-state index in [1.54, 1.807) is 12.1 Å². The Morgan fingerprint density at radius 2 is 1.43 bits per heavy atom. The number of phenolic OH excluding ortho intramolecular Hbond substituents is 1. The van der Waals surface area contributed by atoms with E-state index in [-0.39, 0.29) is 5.75 Å². The van der Waals surface area contributed by atoms with Crippen molar-refractivity contribution in [1.29, 1.82) is 0 Å². The van der Waals surface area contributed by atoms with Gasteiger partial charge in [-0.3, -0.25) is 0 Å². The summed E-state index contributed by atoms with van der Waals surface area (Å²) < 4.78 is 0. The lowest BCUT2D eigenvalue weighted by molar-refractivity contribution is 0.476. The van der Waals surface area contributed by atoms with Crippen LogP contribution in [0.4, 0.5) is 17.1 Å². The topological polar surface area (TPSA) is 71.2 Å². The molecule has 3 aromatic carbocycles. The molecule has 0 aliphatic carbocycles. The highest BCUT2D eigenvalue weighted by atomic mass is 16.3. The molecular weight excluding hydrogens is 286 g/mol. The van der Waals surface area contributed by atoms with Crippen molar-refractivity contribution in [2.24, 2.45) is 0 Å². The minimum atomic E-state index is 0.134. The van der Waals surface area contributed by atoms with Crippen LogP contribution in [0, 0.1) is 0 Å². The zero-order valence-electron chi connectivity index (χ0n) is 12.3. The summed E-state index contributed by atoms with van der Waals surface area (Å²) in [5.74, 6) is 0.134. The number of fused-ring (bicyclic) bond motifs is 2. The lowest BCUT2D eigenvalue weighted by Crippen LogP contribution is -1.96. The maximum Gasteiger partial charge on any atom is 0.119 e. The van der Waals surface area contributed by atoms with Gasteiger partial charge in [0.1, 0.15) is 5.75 Å². The van der Waals surface area contributed by atoms with E-state index < -0.39 is 0 Å². The highest BCUT2D eigenvalue weighted by Crippen LogP contribution is 2.34. The van der Waals surface area contributed by atoms with Crippen molar-refractivity contribution in [3.05, 3.63) is 66.7 Å². The fourth-order valence-corrected chi connectivity index (χ4v) is 2.83. The van der Waals surface area contributed by atoms with Crippen LogP contribution in [0.5, 0.6) is 5.75 Å². The normalized spacial score (nSPS) is 11.0. The maximum absolute atomic E-state index is 9.77. The molecule has 0 atom stereocenters. The van der Waals surface area contributed by atoms with E-state index in [9.17, 15) is 5.11 Å². The van der Waals surface area contributed by atoms with Gasteiger partial charge >= 0.3 is 0 Å². The summed E-state index contributed by atoms with van der Waals surface area (Å²) in [6, 6.07) is 20.9. The number of phenols is 1. The molecule has 0 aliphatic heterocycles. The molecule has 112 valence electrons. The standard InChI is InChI=1S/C19H15N3O/c20-12-9-13(11-14(23)10-12)21-19-15-5-1-3-7-17(15)22-18-8-4-2-6-16(18)19/h1-11,23H,20H2,(H,21,22). The molecule has 0 saturated heterocycles. The number of nitrogen functional groups attached to an aromatic ring is 1. The van der Waals surface area contributed by atoms with Crippen molar-refractivity contribution in [2.45, 2.75) is 0 Å². The van der Waals surface area contributed by atoms with Gasteiger partial charge in [0, 0.05) is 34.3 Å². The molecule has 4 N–H and O–H groups in total. The second-order valence-corrected chi connectivity index (χ2v) is 5.46. The SMILES string of the molecule is Nc1cc(O)cc(Nc2c3ccccc3nc3ccccc23)c1. The Bertz CT molecular complexity index is 953. The summed E-state index contributed by atoms with van der Waals surface area (Å²) in [4.78, 5) is 4.70. The molecular formula is C19H15N3O. The highest BCUT2D eigenvalue weighted by Gasteiger charge is 2.09. The van der Waals surface area contributed by atoms with Crippen LogP contribution >= 0.6 is 0 Å². The Balaban J connectivity index is 1.99. The molecule has 0 radical (unpaired) electrons. The molecule has 0 bridgehead atoms. The van der Waals surface area contributed by atoms with Crippen molar-refractivity contribution in [3.63, 3.8) is 0 Å². The molecule has 0 aliphatic rings. The van der Waals surface area contributed by atoms with Crippen LogP contribution in [0.3, 0.4) is 0 Å². The van der Waals surface area contributed by atoms with Crippen LogP contribution in [-0.2, 0) is 0 Å². The van der Waals surface area contributed by atoms with Gasteiger partial charge in [-0.15, -0.1) is 0 Å². The van der Waals surface area contributed by atoms with Crippen molar-refractivity contribution in [2.75, 3.05) is 11.1 Å². The molecule has 23 heavy (non-hydrogen) atoms. The molecule has 4 rings (SSSR count). The van der Waals surface area contributed by atoms with Crippen LogP contribution in [0.15, 0.2) is 66.7 Å². The molecule has 0 saturated carbocycles. The highest BCUT2D eigenvalue weighted by molar-refractivity contribution is 6.08. The van der Waals surface area contributed by atoms with E-state index in [2.05, 4.69) is 5.32 Å². The summed E-state index contributed by atoms with van der Waals surface area (Å²) in [5.41, 5.74) is 9.87. The van der Waals surface area contributed by atoms with Gasteiger partial charge in [0.15, 0.2) is 0 Å². The van der Waals surface area contributed by atoms with E-state index >= 15 is 0 Å². The molecule has 0 unspecified atom stereocenters. The van der Waals surface area contributed by atoms with Crippen LogP contribution < -0.4 is 11.1 Å². The number of aromatic hydroxyl groups is 1. The van der Waals surface area contributed by atoms with Crippen LogP contribution in [0.1, 0.15) is 0 Å². The van der Waals surface area contributed by atoms with Crippen molar-refractivity contribution in [3.8, 4) is 5.75 Å². The number of nitrogens with zero attached hydrogens (tertiary/aromatic N) is 1. The Labute approximate surface area is 133 Å². The van der Waals surface area contributed by atoms with E-state index in [1.807, 2.05) is 48.5 Å². The summed E-state index contributed by atoms with van der Waals surface area (Å²) in [5, 5.41) is 15.2. The van der Waals surface area contributed by atoms with Crippen molar-refractivity contribution < 1.29 is 5.11 Å². The van der Waals surface area contributed by atoms with Gasteiger partial charge in [0.25, 0.3) is 0 Å². The monoisotopic (exact) mass is 301 g/mol. The Morgan fingerprint density at radius 3 is 2.04 bits per heavy atom. The van der Waals surface area contributed by atoms with Gasteiger partial charge in [-0.1, -0.05) is 36.4 Å². The van der Waals surface area contributed by atoms with E-state index in [4.69, 9.17) is 10.7 Å². The second kappa shape index (κ2) is 5.18. The third-order valence-corrected chi connectivity index (χ3v) is 3.80. The van der Waals surface area contributed by atoms with E-state index in [0.29, 0.717) is 5.69 Å². The molecule has 0 spiro atoms. The quantitative estimate of drug-likeness (QED) is 0.378. The molecule has 4 aromatic rings. The number of aromatic nitrogens is 1. The van der Waals surface area contributed by atoms with Crippen molar-refractivity contribution in [1.82, 2.24) is 4.98 Å². The van der Waals surface area contributed by atoms with Gasteiger partial charge in [-0.25, -0.2) is 4.98 Å². The van der Waals surface area contributed by atoms with Gasteiger partial charge in [0.05, 0.1) is 16.7 Å². The maximum atomic E-state index is 9.77. The number of pyridine rings is 1. The van der Waals surface area contributed by atoms with Gasteiger partial charge in [-0.05, 0) is 18.2 Å². The fourth-order valence-electron chi connectivity index (χ4n) is 2.83. The van der Waals surface area contributed by atoms with E-state index in [0.717, 1.165) is 33.2 Å². The first-order valence-corrected chi connectivity index (χ1v) is 7.35. The fraction of sp³-hybridized carbons (Fsp3) is 0. The zero-order valence-corrected chi connectivity index (χ0v) is 12.3. The molecule has 0 amide bonds. The first-order chi connectivity index (χ1) is 11.2. The van der Waals surface area contributed by atoms with Crippen molar-refractivity contribution >= 4 is 38.9 Å². The Morgan fingerprint density at radius 1 is 0.826 bits per heavy atom. The van der Waals surface area contributed by atoms with Crippen LogP contribution in [-0.4, -0.2) is 10.1 Å². The average molecular weight is 301 g/mol. The number of anilines is 3. The number of rotatable bonds is 2. The van der Waals surface area contributed by atoms with Crippen LogP contribution in [0.25, 0.3) is 21.8 Å². The summed E-state index contributed by atoms with van der Waals surface area (Å²) in [7, 11) is 0. The average Bonchev–Trinajstić information content (AvgIpc) is 2.54. The first-order valence-electron chi connectivity index (χ1n) is 7.35. The summed E-state index contributed by atoms with van der Waals surface area (Å²) in [6.45, 7) is 0. The first kappa shape index (κ1) is 13.4. The second-order valence-electron chi connectivity index (χ2n) is 5.46. The largest absolute Gasteiger partial charge is 0.508 e. The molecule has 4 nitrogen and oxygen atoms in total. The molecule has 1 aromatic heterocycles. The number of para-hydroxylation sites is 2. The minimum absolute atomic E-state index is 0.134. The molecule has 1 heterocycles. The zero-order chi connectivity index (χ0) is 15.8. The smallest absolute Gasteiger partial charge is 0.119 e. The molecule has 0 fully saturated rings. The minimum Gasteiger partial charge on any atom is -0.508 e. The Hall–Kier alpha value is -3.27. The number of nitrogens with one attached hydrogen (secondary N) is 1. The van der Waals surface area contributed by atoms with Gasteiger partial charge in [-0.2, -0.15) is 0 Å². The summed E-state index contributed by atoms with van der Waals surface area (Å²) >= 11 is 0. The number of hydrogen-bond donors (Lipinski definition) is 3. The predicted octanol–water partition coefficient (Wildman–Crippen LogP) is 4.42. The number of hydrogen-bond acceptors (Lipinski definition) is 4. The number of nitrogens with two attached hydrogens (primary N) is 1.